The Morgan fingerprint density at radius 2 is 1.55 bits per heavy atom. The molecule has 5 nitrogen and oxygen atoms in total. The number of para-hydroxylation sites is 1. The number of nitrogens with one attached hydrogen (secondary N) is 1. The lowest BCUT2D eigenvalue weighted by Crippen LogP contribution is -2.31. The second-order valence-electron chi connectivity index (χ2n) is 6.68. The Morgan fingerprint density at radius 1 is 0.897 bits per heavy atom. The van der Waals surface area contributed by atoms with Crippen LogP contribution in [0.1, 0.15) is 15.9 Å². The molecule has 0 bridgehead atoms. The first kappa shape index (κ1) is 20.1. The van der Waals surface area contributed by atoms with Crippen LogP contribution in [-0.2, 0) is 11.3 Å². The van der Waals surface area contributed by atoms with Crippen LogP contribution >= 0.6 is 0 Å². The number of carbonyl (C=O) groups excluding carboxylic acids is 2. The van der Waals surface area contributed by atoms with E-state index in [0.29, 0.717) is 17.9 Å². The average Bonchev–Trinajstić information content (AvgIpc) is 2.78. The Hall–Kier alpha value is -3.60. The minimum atomic E-state index is -0.133. The molecular formula is C24H24N2O3. The Balaban J connectivity index is 1.60. The summed E-state index contributed by atoms with van der Waals surface area (Å²) in [5.74, 6) is 0.421. The number of benzene rings is 3. The number of ether oxygens (including phenoxy) is 1. The minimum absolute atomic E-state index is 0.0450. The van der Waals surface area contributed by atoms with Gasteiger partial charge in [-0.25, -0.2) is 0 Å². The summed E-state index contributed by atoms with van der Waals surface area (Å²) < 4.78 is 5.83. The van der Waals surface area contributed by atoms with Crippen LogP contribution in [0.2, 0.25) is 0 Å². The molecule has 5 heteroatoms. The molecule has 0 atom stereocenters. The molecule has 0 unspecified atom stereocenters. The molecule has 29 heavy (non-hydrogen) atoms. The second kappa shape index (κ2) is 9.55. The number of amides is 2. The van der Waals surface area contributed by atoms with E-state index in [4.69, 9.17) is 4.74 Å². The van der Waals surface area contributed by atoms with Crippen molar-refractivity contribution in [3.05, 3.63) is 90.0 Å². The molecule has 0 aliphatic rings. The Bertz CT molecular complexity index is 969. The van der Waals surface area contributed by atoms with E-state index in [-0.39, 0.29) is 18.4 Å². The number of carbonyl (C=O) groups is 2. The van der Waals surface area contributed by atoms with E-state index in [9.17, 15) is 9.59 Å². The van der Waals surface area contributed by atoms with Gasteiger partial charge in [0.15, 0.2) is 6.61 Å². The fourth-order valence-electron chi connectivity index (χ4n) is 2.97. The maximum atomic E-state index is 12.5. The molecule has 148 valence electrons. The highest BCUT2D eigenvalue weighted by Crippen LogP contribution is 2.29. The van der Waals surface area contributed by atoms with Crippen molar-refractivity contribution in [2.45, 2.75) is 6.54 Å². The number of rotatable bonds is 7. The van der Waals surface area contributed by atoms with E-state index in [1.165, 1.54) is 0 Å². The van der Waals surface area contributed by atoms with E-state index < -0.39 is 0 Å². The number of hydrogen-bond acceptors (Lipinski definition) is 3. The summed E-state index contributed by atoms with van der Waals surface area (Å²) in [5.41, 5.74) is 3.53. The molecule has 3 aromatic rings. The van der Waals surface area contributed by atoms with Gasteiger partial charge in [-0.2, -0.15) is 0 Å². The van der Waals surface area contributed by atoms with E-state index in [1.807, 2.05) is 66.7 Å². The molecule has 1 N–H and O–H groups in total. The van der Waals surface area contributed by atoms with Crippen LogP contribution in [0.5, 0.6) is 5.75 Å². The van der Waals surface area contributed by atoms with Gasteiger partial charge in [-0.15, -0.1) is 0 Å². The van der Waals surface area contributed by atoms with Crippen molar-refractivity contribution in [3.8, 4) is 16.9 Å². The molecule has 0 aliphatic carbocycles. The molecule has 0 radical (unpaired) electrons. The topological polar surface area (TPSA) is 58.6 Å². The lowest BCUT2D eigenvalue weighted by Gasteiger charge is -2.18. The van der Waals surface area contributed by atoms with Crippen molar-refractivity contribution >= 4 is 11.8 Å². The molecule has 0 spiro atoms. The van der Waals surface area contributed by atoms with Gasteiger partial charge >= 0.3 is 0 Å². The van der Waals surface area contributed by atoms with Crippen molar-refractivity contribution in [2.24, 2.45) is 0 Å². The number of nitrogens with zero attached hydrogens (tertiary/aromatic N) is 1. The van der Waals surface area contributed by atoms with Crippen molar-refractivity contribution in [2.75, 3.05) is 20.7 Å². The SMILES string of the molecule is CNC(=O)c1ccc(CN(C)C(=O)COc2ccccc2-c2ccccc2)cc1. The summed E-state index contributed by atoms with van der Waals surface area (Å²) in [4.78, 5) is 25.8. The summed E-state index contributed by atoms with van der Waals surface area (Å²) in [6.07, 6.45) is 0. The van der Waals surface area contributed by atoms with E-state index >= 15 is 0 Å². The third-order valence-corrected chi connectivity index (χ3v) is 4.61. The first-order valence-corrected chi connectivity index (χ1v) is 9.40. The predicted octanol–water partition coefficient (Wildman–Crippen LogP) is 3.75. The summed E-state index contributed by atoms with van der Waals surface area (Å²) in [6.45, 7) is 0.396. The molecule has 0 saturated carbocycles. The predicted molar refractivity (Wildman–Crippen MR) is 114 cm³/mol. The normalized spacial score (nSPS) is 10.3. The van der Waals surface area contributed by atoms with Crippen LogP contribution in [0.15, 0.2) is 78.9 Å². The second-order valence-corrected chi connectivity index (χ2v) is 6.68. The first-order chi connectivity index (χ1) is 14.1. The molecule has 3 aromatic carbocycles. The molecule has 3 rings (SSSR count). The quantitative estimate of drug-likeness (QED) is 0.671. The first-order valence-electron chi connectivity index (χ1n) is 9.40. The van der Waals surface area contributed by atoms with Gasteiger partial charge in [0, 0.05) is 31.8 Å². The number of hydrogen-bond donors (Lipinski definition) is 1. The standard InChI is InChI=1S/C24H24N2O3/c1-25-24(28)20-14-12-18(13-15-20)16-26(2)23(27)17-29-22-11-7-6-10-21(22)19-8-4-3-5-9-19/h3-15H,16-17H2,1-2H3,(H,25,28). The summed E-state index contributed by atoms with van der Waals surface area (Å²) in [6, 6.07) is 24.8. The van der Waals surface area contributed by atoms with Crippen LogP contribution in [-0.4, -0.2) is 37.4 Å². The van der Waals surface area contributed by atoms with Gasteiger partial charge in [0.1, 0.15) is 5.75 Å². The maximum Gasteiger partial charge on any atom is 0.260 e. The minimum Gasteiger partial charge on any atom is -0.483 e. The molecule has 0 saturated heterocycles. The van der Waals surface area contributed by atoms with Crippen molar-refractivity contribution in [3.63, 3.8) is 0 Å². The summed E-state index contributed by atoms with van der Waals surface area (Å²) in [5, 5.41) is 2.59. The average molecular weight is 388 g/mol. The number of likely N-dealkylation sites (N-methyl/N-ethyl adjacent to an activating group) is 1. The van der Waals surface area contributed by atoms with Gasteiger partial charge in [0.25, 0.3) is 11.8 Å². The Kier molecular flexibility index (Phi) is 6.63. The van der Waals surface area contributed by atoms with Gasteiger partial charge in [-0.05, 0) is 29.3 Å². The van der Waals surface area contributed by atoms with Crippen molar-refractivity contribution in [1.82, 2.24) is 10.2 Å². The van der Waals surface area contributed by atoms with Gasteiger partial charge in [-0.3, -0.25) is 9.59 Å². The van der Waals surface area contributed by atoms with Crippen LogP contribution in [0, 0.1) is 0 Å². The molecule has 0 aliphatic heterocycles. The highest BCUT2D eigenvalue weighted by atomic mass is 16.5. The van der Waals surface area contributed by atoms with Crippen molar-refractivity contribution < 1.29 is 14.3 Å². The molecule has 0 fully saturated rings. The smallest absolute Gasteiger partial charge is 0.260 e. The van der Waals surface area contributed by atoms with Crippen LogP contribution in [0.3, 0.4) is 0 Å². The van der Waals surface area contributed by atoms with Gasteiger partial charge in [-0.1, -0.05) is 60.7 Å². The third-order valence-electron chi connectivity index (χ3n) is 4.61. The fraction of sp³-hybridized carbons (Fsp3) is 0.167. The summed E-state index contributed by atoms with van der Waals surface area (Å²) >= 11 is 0. The van der Waals surface area contributed by atoms with Crippen molar-refractivity contribution in [1.29, 1.82) is 0 Å². The summed E-state index contributed by atoms with van der Waals surface area (Å²) in [7, 11) is 3.33. The van der Waals surface area contributed by atoms with E-state index in [0.717, 1.165) is 16.7 Å². The lowest BCUT2D eigenvalue weighted by atomic mass is 10.1. The zero-order chi connectivity index (χ0) is 20.6. The molecule has 0 heterocycles. The van der Waals surface area contributed by atoms with Gasteiger partial charge in [0.05, 0.1) is 0 Å². The van der Waals surface area contributed by atoms with E-state index in [1.54, 1.807) is 31.1 Å². The van der Waals surface area contributed by atoms with Crippen LogP contribution in [0.4, 0.5) is 0 Å². The van der Waals surface area contributed by atoms with Crippen LogP contribution in [0.25, 0.3) is 11.1 Å². The third kappa shape index (κ3) is 5.23. The zero-order valence-electron chi connectivity index (χ0n) is 16.6. The Labute approximate surface area is 170 Å². The Morgan fingerprint density at radius 3 is 2.24 bits per heavy atom. The highest BCUT2D eigenvalue weighted by Gasteiger charge is 2.13. The lowest BCUT2D eigenvalue weighted by molar-refractivity contribution is -0.132. The van der Waals surface area contributed by atoms with Crippen LogP contribution < -0.4 is 10.1 Å². The molecular weight excluding hydrogens is 364 g/mol. The molecule has 0 aromatic heterocycles. The highest BCUT2D eigenvalue weighted by molar-refractivity contribution is 5.93. The molecule has 2 amide bonds. The fourth-order valence-corrected chi connectivity index (χ4v) is 2.97. The largest absolute Gasteiger partial charge is 0.483 e. The van der Waals surface area contributed by atoms with Gasteiger partial charge in [0.2, 0.25) is 0 Å². The zero-order valence-corrected chi connectivity index (χ0v) is 16.6. The van der Waals surface area contributed by atoms with E-state index in [2.05, 4.69) is 5.32 Å². The monoisotopic (exact) mass is 388 g/mol. The van der Waals surface area contributed by atoms with Gasteiger partial charge < -0.3 is 15.0 Å². The maximum absolute atomic E-state index is 12.5.